The Morgan fingerprint density at radius 3 is 2.77 bits per heavy atom. The van der Waals surface area contributed by atoms with E-state index in [1.807, 2.05) is 0 Å². The first-order valence-corrected chi connectivity index (χ1v) is 8.70. The van der Waals surface area contributed by atoms with Gasteiger partial charge in [-0.05, 0) is 43.0 Å². The fourth-order valence-electron chi connectivity index (χ4n) is 3.63. The lowest BCUT2D eigenvalue weighted by atomic mass is 9.90. The molecule has 1 N–H and O–H groups in total. The number of nitrogens with zero attached hydrogens (tertiary/aromatic N) is 3. The molecular formula is C18H16ClF3N4. The summed E-state index contributed by atoms with van der Waals surface area (Å²) in [6.07, 6.45) is 2.19. The highest BCUT2D eigenvalue weighted by Crippen LogP contribution is 2.32. The van der Waals surface area contributed by atoms with Crippen molar-refractivity contribution in [2.75, 3.05) is 11.4 Å². The highest BCUT2D eigenvalue weighted by atomic mass is 35.5. The van der Waals surface area contributed by atoms with Crippen molar-refractivity contribution in [3.05, 3.63) is 52.7 Å². The summed E-state index contributed by atoms with van der Waals surface area (Å²) in [6, 6.07) is 4.41. The van der Waals surface area contributed by atoms with E-state index < -0.39 is 13.0 Å². The third kappa shape index (κ3) is 3.23. The molecule has 1 aliphatic rings. The molecule has 26 heavy (non-hydrogen) atoms. The summed E-state index contributed by atoms with van der Waals surface area (Å²) in [5.41, 5.74) is 2.88. The lowest BCUT2D eigenvalue weighted by Gasteiger charge is -2.34. The van der Waals surface area contributed by atoms with E-state index in [2.05, 4.69) is 15.0 Å². The van der Waals surface area contributed by atoms with Gasteiger partial charge in [0.1, 0.15) is 5.82 Å². The molecule has 4 nitrogen and oxygen atoms in total. The van der Waals surface area contributed by atoms with E-state index in [0.717, 1.165) is 22.2 Å². The zero-order valence-corrected chi connectivity index (χ0v) is 14.5. The van der Waals surface area contributed by atoms with Crippen LogP contribution >= 0.6 is 11.6 Å². The molecule has 4 rings (SSSR count). The molecule has 8 heteroatoms. The Labute approximate surface area is 153 Å². The molecule has 2 heterocycles. The number of rotatable bonds is 4. The predicted molar refractivity (Wildman–Crippen MR) is 94.5 cm³/mol. The molecule has 136 valence electrons. The number of nitrogens with one attached hydrogen (secondary N) is 1. The number of hydrogen-bond acceptors (Lipinski definition) is 3. The first-order chi connectivity index (χ1) is 12.5. The van der Waals surface area contributed by atoms with Crippen LogP contribution in [0.4, 0.5) is 19.1 Å². The zero-order chi connectivity index (χ0) is 18.3. The monoisotopic (exact) mass is 380 g/mol. The second-order valence-corrected chi connectivity index (χ2v) is 6.85. The third-order valence-electron chi connectivity index (χ3n) is 4.76. The van der Waals surface area contributed by atoms with Crippen molar-refractivity contribution in [2.45, 2.75) is 31.7 Å². The Hall–Kier alpha value is -2.28. The summed E-state index contributed by atoms with van der Waals surface area (Å²) >= 11 is 5.81. The second-order valence-electron chi connectivity index (χ2n) is 6.41. The van der Waals surface area contributed by atoms with Crippen LogP contribution in [0.5, 0.6) is 0 Å². The van der Waals surface area contributed by atoms with E-state index in [1.54, 1.807) is 6.07 Å². The van der Waals surface area contributed by atoms with Crippen molar-refractivity contribution in [1.29, 1.82) is 0 Å². The topological polar surface area (TPSA) is 44.8 Å². The zero-order valence-electron chi connectivity index (χ0n) is 13.7. The van der Waals surface area contributed by atoms with Crippen LogP contribution in [0, 0.1) is 5.82 Å². The van der Waals surface area contributed by atoms with E-state index in [-0.39, 0.29) is 17.8 Å². The first kappa shape index (κ1) is 17.1. The molecule has 0 aliphatic heterocycles. The van der Waals surface area contributed by atoms with E-state index >= 15 is 0 Å². The van der Waals surface area contributed by atoms with Crippen molar-refractivity contribution in [3.63, 3.8) is 0 Å². The van der Waals surface area contributed by atoms with Crippen LogP contribution in [-0.2, 0) is 12.8 Å². The van der Waals surface area contributed by atoms with Gasteiger partial charge in [-0.15, -0.1) is 0 Å². The van der Waals surface area contributed by atoms with Gasteiger partial charge in [0.15, 0.2) is 0 Å². The predicted octanol–water partition coefficient (Wildman–Crippen LogP) is 4.38. The van der Waals surface area contributed by atoms with Crippen molar-refractivity contribution >= 4 is 28.5 Å². The van der Waals surface area contributed by atoms with E-state index in [1.165, 1.54) is 29.4 Å². The number of anilines is 1. The van der Waals surface area contributed by atoms with Gasteiger partial charge >= 0.3 is 0 Å². The number of aromatic nitrogens is 3. The Balaban J connectivity index is 1.69. The molecule has 0 saturated heterocycles. The van der Waals surface area contributed by atoms with Crippen LogP contribution in [0.15, 0.2) is 30.6 Å². The van der Waals surface area contributed by atoms with Gasteiger partial charge in [-0.2, -0.15) is 0 Å². The van der Waals surface area contributed by atoms with Gasteiger partial charge < -0.3 is 9.88 Å². The highest BCUT2D eigenvalue weighted by Gasteiger charge is 2.30. The highest BCUT2D eigenvalue weighted by molar-refractivity contribution is 6.30. The summed E-state index contributed by atoms with van der Waals surface area (Å²) < 4.78 is 40.0. The minimum absolute atomic E-state index is 0.194. The van der Waals surface area contributed by atoms with Gasteiger partial charge in [-0.25, -0.2) is 23.1 Å². The molecular weight excluding hydrogens is 365 g/mol. The largest absolute Gasteiger partial charge is 0.358 e. The summed E-state index contributed by atoms with van der Waals surface area (Å²) in [5.74, 6) is -0.0823. The SMILES string of the molecule is Fc1ccc2[nH]c3c(c2c1)CC(N(CC(F)F)c1ncc(Cl)cn1)CC3. The molecule has 1 aliphatic carbocycles. The molecule has 0 radical (unpaired) electrons. The summed E-state index contributed by atoms with van der Waals surface area (Å²) in [5, 5.41) is 1.16. The number of H-pyrrole nitrogens is 1. The van der Waals surface area contributed by atoms with Gasteiger partial charge in [-0.1, -0.05) is 11.6 Å². The molecule has 1 aromatic carbocycles. The molecule has 2 aromatic heterocycles. The number of halogens is 4. The second kappa shape index (κ2) is 6.79. The minimum atomic E-state index is -2.52. The van der Waals surface area contributed by atoms with Gasteiger partial charge in [-0.3, -0.25) is 0 Å². The average Bonchev–Trinajstić information content (AvgIpc) is 2.97. The molecule has 0 fully saturated rings. The fraction of sp³-hybridized carbons (Fsp3) is 0.333. The minimum Gasteiger partial charge on any atom is -0.358 e. The van der Waals surface area contributed by atoms with Crippen molar-refractivity contribution in [3.8, 4) is 0 Å². The van der Waals surface area contributed by atoms with Crippen LogP contribution < -0.4 is 4.90 Å². The number of hydrogen-bond donors (Lipinski definition) is 1. The van der Waals surface area contributed by atoms with Crippen LogP contribution in [-0.4, -0.2) is 34.0 Å². The molecule has 0 bridgehead atoms. The Morgan fingerprint density at radius 1 is 1.27 bits per heavy atom. The van der Waals surface area contributed by atoms with Crippen LogP contribution in [0.3, 0.4) is 0 Å². The van der Waals surface area contributed by atoms with Crippen LogP contribution in [0.25, 0.3) is 10.9 Å². The molecule has 0 amide bonds. The van der Waals surface area contributed by atoms with Crippen molar-refractivity contribution in [1.82, 2.24) is 15.0 Å². The van der Waals surface area contributed by atoms with Crippen LogP contribution in [0.2, 0.25) is 5.02 Å². The number of fused-ring (bicyclic) bond motifs is 3. The Morgan fingerprint density at radius 2 is 2.04 bits per heavy atom. The average molecular weight is 381 g/mol. The Kier molecular flexibility index (Phi) is 4.48. The lowest BCUT2D eigenvalue weighted by molar-refractivity contribution is 0.150. The van der Waals surface area contributed by atoms with Gasteiger partial charge in [0.25, 0.3) is 6.43 Å². The maximum absolute atomic E-state index is 13.7. The van der Waals surface area contributed by atoms with E-state index in [0.29, 0.717) is 24.3 Å². The summed E-state index contributed by atoms with van der Waals surface area (Å²) in [7, 11) is 0. The molecule has 3 aromatic rings. The van der Waals surface area contributed by atoms with E-state index in [9.17, 15) is 13.2 Å². The van der Waals surface area contributed by atoms with Crippen molar-refractivity contribution in [2.24, 2.45) is 0 Å². The number of alkyl halides is 2. The number of aromatic amines is 1. The number of benzene rings is 1. The Bertz CT molecular complexity index is 926. The van der Waals surface area contributed by atoms with Crippen molar-refractivity contribution < 1.29 is 13.2 Å². The van der Waals surface area contributed by atoms with Gasteiger partial charge in [0.2, 0.25) is 5.95 Å². The maximum atomic E-state index is 13.7. The molecule has 1 atom stereocenters. The first-order valence-electron chi connectivity index (χ1n) is 8.32. The smallest absolute Gasteiger partial charge is 0.255 e. The van der Waals surface area contributed by atoms with E-state index in [4.69, 9.17) is 11.6 Å². The molecule has 0 spiro atoms. The number of aryl methyl sites for hydroxylation is 1. The normalized spacial score (nSPS) is 16.9. The summed E-state index contributed by atoms with van der Waals surface area (Å²) in [6.45, 7) is -0.460. The quantitative estimate of drug-likeness (QED) is 0.730. The van der Waals surface area contributed by atoms with Gasteiger partial charge in [0, 0.05) is 22.6 Å². The maximum Gasteiger partial charge on any atom is 0.255 e. The standard InChI is InChI=1S/C18H16ClF3N4/c19-10-7-23-18(24-8-10)26(9-17(21)22)12-2-4-16-14(6-12)13-5-11(20)1-3-15(13)25-16/h1,3,5,7-8,12,17,25H,2,4,6,9H2. The lowest BCUT2D eigenvalue weighted by Crippen LogP contribution is -2.43. The summed E-state index contributed by atoms with van der Waals surface area (Å²) in [4.78, 5) is 13.1. The van der Waals surface area contributed by atoms with Gasteiger partial charge in [0.05, 0.1) is 24.0 Å². The molecule has 0 saturated carbocycles. The fourth-order valence-corrected chi connectivity index (χ4v) is 3.73. The molecule has 1 unspecified atom stereocenters. The van der Waals surface area contributed by atoms with Crippen LogP contribution in [0.1, 0.15) is 17.7 Å². The third-order valence-corrected chi connectivity index (χ3v) is 4.96.